The second-order valence-corrected chi connectivity index (χ2v) is 6.71. The Morgan fingerprint density at radius 2 is 1.96 bits per heavy atom. The molecule has 1 aromatic carbocycles. The lowest BCUT2D eigenvalue weighted by atomic mass is 10.0. The first-order valence-electron chi connectivity index (χ1n) is 6.95. The van der Waals surface area contributed by atoms with Crippen molar-refractivity contribution < 1.29 is 9.18 Å². The van der Waals surface area contributed by atoms with Crippen LogP contribution in [0, 0.1) is 5.82 Å². The summed E-state index contributed by atoms with van der Waals surface area (Å²) in [5, 5.41) is 5.19. The Morgan fingerprint density at radius 1 is 1.21 bits per heavy atom. The van der Waals surface area contributed by atoms with Crippen molar-refractivity contribution in [3.63, 3.8) is 0 Å². The van der Waals surface area contributed by atoms with E-state index < -0.39 is 6.04 Å². The molecule has 3 nitrogen and oxygen atoms in total. The molecule has 2 heterocycles. The van der Waals surface area contributed by atoms with Crippen LogP contribution in [0.25, 0.3) is 0 Å². The van der Waals surface area contributed by atoms with Gasteiger partial charge in [-0.25, -0.2) is 9.37 Å². The minimum Gasteiger partial charge on any atom is -0.340 e. The highest BCUT2D eigenvalue weighted by molar-refractivity contribution is 7.10. The number of hydrogen-bond acceptors (Lipinski definition) is 3. The van der Waals surface area contributed by atoms with Gasteiger partial charge in [0, 0.05) is 11.1 Å². The number of carbonyl (C=O) groups is 1. The Hall–Kier alpha value is -1.95. The highest BCUT2D eigenvalue weighted by Gasteiger charge is 2.19. The van der Waals surface area contributed by atoms with E-state index in [-0.39, 0.29) is 21.9 Å². The third-order valence-electron chi connectivity index (χ3n) is 3.36. The summed E-state index contributed by atoms with van der Waals surface area (Å²) in [6, 6.07) is 10.9. The summed E-state index contributed by atoms with van der Waals surface area (Å²) < 4.78 is 13.2. The van der Waals surface area contributed by atoms with Crippen molar-refractivity contribution in [2.75, 3.05) is 0 Å². The van der Waals surface area contributed by atoms with Gasteiger partial charge in [-0.2, -0.15) is 0 Å². The number of hydrogen-bond donors (Lipinski definition) is 1. The van der Waals surface area contributed by atoms with Crippen molar-refractivity contribution in [3.05, 3.63) is 86.0 Å². The summed E-state index contributed by atoms with van der Waals surface area (Å²) >= 11 is 13.2. The van der Waals surface area contributed by atoms with Gasteiger partial charge in [0.05, 0.1) is 16.6 Å². The summed E-state index contributed by atoms with van der Waals surface area (Å²) in [4.78, 5) is 17.3. The number of thiophene rings is 1. The fourth-order valence-corrected chi connectivity index (χ4v) is 3.26. The Balaban J connectivity index is 1.90. The normalized spacial score (nSPS) is 12.0. The maximum absolute atomic E-state index is 13.2. The minimum atomic E-state index is -0.396. The number of nitrogens with one attached hydrogen (secondary N) is 1. The monoisotopic (exact) mass is 380 g/mol. The van der Waals surface area contributed by atoms with Crippen LogP contribution in [0.5, 0.6) is 0 Å². The standard InChI is InChI=1S/C17H11Cl2FN2OS/c18-13-8-11(9-21-16(13)19)17(23)22-15(14-2-1-7-24-14)10-3-5-12(20)6-4-10/h1-9,15H,(H,22,23)/t15-/m1/s1. The zero-order valence-electron chi connectivity index (χ0n) is 12.2. The molecule has 0 saturated carbocycles. The van der Waals surface area contributed by atoms with Crippen LogP contribution >= 0.6 is 34.5 Å². The van der Waals surface area contributed by atoms with Crippen LogP contribution in [0.4, 0.5) is 4.39 Å². The van der Waals surface area contributed by atoms with E-state index in [2.05, 4.69) is 10.3 Å². The first-order valence-corrected chi connectivity index (χ1v) is 8.59. The largest absolute Gasteiger partial charge is 0.340 e. The molecule has 0 aliphatic heterocycles. The molecule has 3 rings (SSSR count). The lowest BCUT2D eigenvalue weighted by Gasteiger charge is -2.18. The van der Waals surface area contributed by atoms with Crippen LogP contribution in [-0.4, -0.2) is 10.9 Å². The fourth-order valence-electron chi connectivity index (χ4n) is 2.19. The molecule has 1 atom stereocenters. The molecule has 122 valence electrons. The van der Waals surface area contributed by atoms with Crippen LogP contribution in [0.3, 0.4) is 0 Å². The number of nitrogens with zero attached hydrogens (tertiary/aromatic N) is 1. The van der Waals surface area contributed by atoms with Crippen molar-refractivity contribution in [2.24, 2.45) is 0 Å². The lowest BCUT2D eigenvalue weighted by molar-refractivity contribution is 0.0943. The Labute approximate surface area is 152 Å². The van der Waals surface area contributed by atoms with E-state index in [9.17, 15) is 9.18 Å². The molecule has 3 aromatic rings. The topological polar surface area (TPSA) is 42.0 Å². The SMILES string of the molecule is O=C(N[C@H](c1ccc(F)cc1)c1cccs1)c1cnc(Cl)c(Cl)c1. The van der Waals surface area contributed by atoms with E-state index in [4.69, 9.17) is 23.2 Å². The second kappa shape index (κ2) is 7.30. The van der Waals surface area contributed by atoms with Gasteiger partial charge in [-0.05, 0) is 35.2 Å². The molecular weight excluding hydrogens is 370 g/mol. The smallest absolute Gasteiger partial charge is 0.253 e. The van der Waals surface area contributed by atoms with Gasteiger partial charge in [0.2, 0.25) is 0 Å². The Kier molecular flexibility index (Phi) is 5.14. The Bertz CT molecular complexity index is 854. The van der Waals surface area contributed by atoms with E-state index in [1.165, 1.54) is 35.7 Å². The predicted molar refractivity (Wildman–Crippen MR) is 94.3 cm³/mol. The quantitative estimate of drug-likeness (QED) is 0.639. The van der Waals surface area contributed by atoms with E-state index in [0.717, 1.165) is 10.4 Å². The maximum atomic E-state index is 13.2. The molecule has 0 aliphatic rings. The molecule has 2 aromatic heterocycles. The van der Waals surface area contributed by atoms with Crippen LogP contribution in [0.2, 0.25) is 10.2 Å². The zero-order chi connectivity index (χ0) is 17.1. The molecule has 0 fully saturated rings. The van der Waals surface area contributed by atoms with Gasteiger partial charge in [0.1, 0.15) is 11.0 Å². The summed E-state index contributed by atoms with van der Waals surface area (Å²) in [7, 11) is 0. The number of carbonyl (C=O) groups excluding carboxylic acids is 1. The summed E-state index contributed by atoms with van der Waals surface area (Å²) in [6.45, 7) is 0. The van der Waals surface area contributed by atoms with Crippen molar-refractivity contribution in [3.8, 4) is 0 Å². The molecule has 1 N–H and O–H groups in total. The molecule has 0 saturated heterocycles. The maximum Gasteiger partial charge on any atom is 0.253 e. The average Bonchev–Trinajstić information content (AvgIpc) is 3.10. The van der Waals surface area contributed by atoms with Crippen molar-refractivity contribution in [2.45, 2.75) is 6.04 Å². The van der Waals surface area contributed by atoms with Gasteiger partial charge in [-0.15, -0.1) is 11.3 Å². The third-order valence-corrected chi connectivity index (χ3v) is 4.99. The molecule has 0 aliphatic carbocycles. The van der Waals surface area contributed by atoms with E-state index in [1.54, 1.807) is 12.1 Å². The highest BCUT2D eigenvalue weighted by Crippen LogP contribution is 2.27. The molecular formula is C17H11Cl2FN2OS. The summed E-state index contributed by atoms with van der Waals surface area (Å²) in [5.41, 5.74) is 1.08. The highest BCUT2D eigenvalue weighted by atomic mass is 35.5. The molecule has 0 spiro atoms. The molecule has 0 radical (unpaired) electrons. The van der Waals surface area contributed by atoms with E-state index >= 15 is 0 Å². The molecule has 24 heavy (non-hydrogen) atoms. The molecule has 7 heteroatoms. The van der Waals surface area contributed by atoms with Crippen molar-refractivity contribution in [1.82, 2.24) is 10.3 Å². The minimum absolute atomic E-state index is 0.140. The molecule has 0 bridgehead atoms. The number of aromatic nitrogens is 1. The first kappa shape index (κ1) is 16.9. The van der Waals surface area contributed by atoms with Crippen LogP contribution in [0.1, 0.15) is 26.8 Å². The first-order chi connectivity index (χ1) is 11.5. The van der Waals surface area contributed by atoms with Crippen molar-refractivity contribution >= 4 is 40.4 Å². The van der Waals surface area contributed by atoms with Gasteiger partial charge < -0.3 is 5.32 Å². The zero-order valence-corrected chi connectivity index (χ0v) is 14.5. The third kappa shape index (κ3) is 3.75. The number of benzene rings is 1. The van der Waals surface area contributed by atoms with Crippen LogP contribution in [0.15, 0.2) is 54.0 Å². The van der Waals surface area contributed by atoms with Crippen molar-refractivity contribution in [1.29, 1.82) is 0 Å². The fraction of sp³-hybridized carbons (Fsp3) is 0.0588. The number of amides is 1. The lowest BCUT2D eigenvalue weighted by Crippen LogP contribution is -2.29. The average molecular weight is 381 g/mol. The molecule has 1 amide bonds. The van der Waals surface area contributed by atoms with Crippen LogP contribution in [-0.2, 0) is 0 Å². The Morgan fingerprint density at radius 3 is 2.58 bits per heavy atom. The van der Waals surface area contributed by atoms with E-state index in [1.807, 2.05) is 17.5 Å². The summed E-state index contributed by atoms with van der Waals surface area (Å²) in [5.74, 6) is -0.674. The van der Waals surface area contributed by atoms with Gasteiger partial charge in [0.25, 0.3) is 5.91 Å². The molecule has 0 unspecified atom stereocenters. The summed E-state index contributed by atoms with van der Waals surface area (Å²) in [6.07, 6.45) is 1.36. The van der Waals surface area contributed by atoms with Gasteiger partial charge >= 0.3 is 0 Å². The van der Waals surface area contributed by atoms with E-state index in [0.29, 0.717) is 5.56 Å². The predicted octanol–water partition coefficient (Wildman–Crippen LogP) is 5.11. The number of rotatable bonds is 4. The second-order valence-electron chi connectivity index (χ2n) is 4.97. The van der Waals surface area contributed by atoms with Gasteiger partial charge in [-0.3, -0.25) is 4.79 Å². The number of pyridine rings is 1. The van der Waals surface area contributed by atoms with Crippen LogP contribution < -0.4 is 5.32 Å². The van der Waals surface area contributed by atoms with Gasteiger partial charge in [0.15, 0.2) is 0 Å². The number of halogens is 3. The van der Waals surface area contributed by atoms with Gasteiger partial charge in [-0.1, -0.05) is 41.4 Å².